The van der Waals surface area contributed by atoms with Gasteiger partial charge in [0, 0.05) is 14.2 Å². The molecule has 1 saturated heterocycles. The second-order valence-corrected chi connectivity index (χ2v) is 2.96. The summed E-state index contributed by atoms with van der Waals surface area (Å²) in [7, 11) is 3.22. The predicted molar refractivity (Wildman–Crippen MR) is 43.0 cm³/mol. The maximum Gasteiger partial charge on any atom is 0.114 e. The topological polar surface area (TPSA) is 47.9 Å². The van der Waals surface area contributed by atoms with Crippen LogP contribution in [0.4, 0.5) is 0 Å². The van der Waals surface area contributed by atoms with Crippen LogP contribution in [0.3, 0.4) is 0 Å². The average Bonchev–Trinajstić information content (AvgIpc) is 2.40. The number of rotatable bonds is 3. The van der Waals surface area contributed by atoms with Crippen molar-refractivity contribution in [3.8, 4) is 0 Å². The lowest BCUT2D eigenvalue weighted by Gasteiger charge is -2.19. The summed E-state index contributed by atoms with van der Waals surface area (Å²) >= 11 is 0. The second kappa shape index (κ2) is 4.18. The van der Waals surface area contributed by atoms with Crippen LogP contribution in [0, 0.1) is 0 Å². The first kappa shape index (κ1) is 9.92. The zero-order chi connectivity index (χ0) is 9.14. The van der Waals surface area contributed by atoms with Crippen LogP contribution in [-0.2, 0) is 14.2 Å². The second-order valence-electron chi connectivity index (χ2n) is 2.96. The van der Waals surface area contributed by atoms with Crippen LogP contribution < -0.4 is 0 Å². The molecule has 1 aliphatic rings. The molecule has 0 amide bonds. The third-order valence-electron chi connectivity index (χ3n) is 2.27. The molecule has 1 rings (SSSR count). The Morgan fingerprint density at radius 2 is 1.83 bits per heavy atom. The molecule has 0 aromatic carbocycles. The largest absolute Gasteiger partial charge is 0.394 e. The molecule has 4 atom stereocenters. The Morgan fingerprint density at radius 1 is 1.25 bits per heavy atom. The maximum absolute atomic E-state index is 8.94. The summed E-state index contributed by atoms with van der Waals surface area (Å²) < 4.78 is 15.8. The predicted octanol–water partition coefficient (Wildman–Crippen LogP) is -0.204. The molecule has 0 spiro atoms. The third kappa shape index (κ3) is 1.61. The molecule has 12 heavy (non-hydrogen) atoms. The fourth-order valence-corrected chi connectivity index (χ4v) is 1.67. The van der Waals surface area contributed by atoms with Crippen molar-refractivity contribution in [2.45, 2.75) is 31.3 Å². The van der Waals surface area contributed by atoms with Crippen molar-refractivity contribution in [2.75, 3.05) is 20.8 Å². The van der Waals surface area contributed by atoms with Gasteiger partial charge in [-0.3, -0.25) is 0 Å². The molecule has 4 unspecified atom stereocenters. The molecule has 1 N–H and O–H groups in total. The van der Waals surface area contributed by atoms with Gasteiger partial charge in [0.15, 0.2) is 0 Å². The van der Waals surface area contributed by atoms with Crippen molar-refractivity contribution < 1.29 is 19.3 Å². The SMILES string of the molecule is COC1C(C)OC(CO)C1OC. The molecule has 1 fully saturated rings. The molecule has 0 aromatic rings. The first-order chi connectivity index (χ1) is 5.74. The van der Waals surface area contributed by atoms with E-state index in [0.29, 0.717) is 0 Å². The number of aliphatic hydroxyl groups is 1. The van der Waals surface area contributed by atoms with Gasteiger partial charge in [0.2, 0.25) is 0 Å². The number of ether oxygens (including phenoxy) is 3. The van der Waals surface area contributed by atoms with Gasteiger partial charge in [-0.05, 0) is 6.92 Å². The van der Waals surface area contributed by atoms with Crippen molar-refractivity contribution in [1.82, 2.24) is 0 Å². The van der Waals surface area contributed by atoms with Crippen LogP contribution >= 0.6 is 0 Å². The quantitative estimate of drug-likeness (QED) is 0.646. The van der Waals surface area contributed by atoms with Gasteiger partial charge < -0.3 is 19.3 Å². The number of methoxy groups -OCH3 is 2. The van der Waals surface area contributed by atoms with Gasteiger partial charge in [0.1, 0.15) is 18.3 Å². The summed E-state index contributed by atoms with van der Waals surface area (Å²) in [6, 6.07) is 0. The Labute approximate surface area is 72.4 Å². The number of aliphatic hydroxyl groups excluding tert-OH is 1. The van der Waals surface area contributed by atoms with E-state index in [2.05, 4.69) is 0 Å². The highest BCUT2D eigenvalue weighted by atomic mass is 16.6. The zero-order valence-corrected chi connectivity index (χ0v) is 7.69. The zero-order valence-electron chi connectivity index (χ0n) is 7.69. The molecule has 0 radical (unpaired) electrons. The summed E-state index contributed by atoms with van der Waals surface area (Å²) in [5.74, 6) is 0. The highest BCUT2D eigenvalue weighted by molar-refractivity contribution is 4.90. The first-order valence-corrected chi connectivity index (χ1v) is 4.06. The van der Waals surface area contributed by atoms with Crippen LogP contribution in [0.15, 0.2) is 0 Å². The van der Waals surface area contributed by atoms with Crippen molar-refractivity contribution >= 4 is 0 Å². The third-order valence-corrected chi connectivity index (χ3v) is 2.27. The fourth-order valence-electron chi connectivity index (χ4n) is 1.67. The molecule has 4 nitrogen and oxygen atoms in total. The van der Waals surface area contributed by atoms with Gasteiger partial charge in [0.25, 0.3) is 0 Å². The van der Waals surface area contributed by atoms with E-state index in [1.54, 1.807) is 14.2 Å². The molecular formula is C8H16O4. The molecule has 0 aliphatic carbocycles. The van der Waals surface area contributed by atoms with Gasteiger partial charge in [-0.25, -0.2) is 0 Å². The van der Waals surface area contributed by atoms with Gasteiger partial charge in [0.05, 0.1) is 12.7 Å². The summed E-state index contributed by atoms with van der Waals surface area (Å²) in [5.41, 5.74) is 0. The lowest BCUT2D eigenvalue weighted by molar-refractivity contribution is -0.0397. The smallest absolute Gasteiger partial charge is 0.114 e. The summed E-state index contributed by atoms with van der Waals surface area (Å²) in [6.45, 7) is 1.89. The Hall–Kier alpha value is -0.160. The minimum Gasteiger partial charge on any atom is -0.394 e. The monoisotopic (exact) mass is 176 g/mol. The molecule has 0 bridgehead atoms. The van der Waals surface area contributed by atoms with E-state index in [9.17, 15) is 0 Å². The fraction of sp³-hybridized carbons (Fsp3) is 1.00. The highest BCUT2D eigenvalue weighted by Crippen LogP contribution is 2.24. The van der Waals surface area contributed by atoms with E-state index in [-0.39, 0.29) is 31.0 Å². The van der Waals surface area contributed by atoms with E-state index in [0.717, 1.165) is 0 Å². The lowest BCUT2D eigenvalue weighted by Crippen LogP contribution is -2.36. The Morgan fingerprint density at radius 3 is 2.25 bits per heavy atom. The van der Waals surface area contributed by atoms with E-state index < -0.39 is 0 Å². The van der Waals surface area contributed by atoms with Gasteiger partial charge >= 0.3 is 0 Å². The normalized spacial score (nSPS) is 42.0. The number of hydrogen-bond donors (Lipinski definition) is 1. The van der Waals surface area contributed by atoms with Crippen molar-refractivity contribution in [1.29, 1.82) is 0 Å². The molecule has 72 valence electrons. The van der Waals surface area contributed by atoms with E-state index in [1.165, 1.54) is 0 Å². The van der Waals surface area contributed by atoms with Crippen molar-refractivity contribution in [3.63, 3.8) is 0 Å². The van der Waals surface area contributed by atoms with Gasteiger partial charge in [-0.2, -0.15) is 0 Å². The standard InChI is InChI=1S/C8H16O4/c1-5-7(10-2)8(11-3)6(4-9)12-5/h5-9H,4H2,1-3H3. The Balaban J connectivity index is 2.61. The highest BCUT2D eigenvalue weighted by Gasteiger charge is 2.42. The van der Waals surface area contributed by atoms with E-state index >= 15 is 0 Å². The molecule has 0 aromatic heterocycles. The molecule has 1 aliphatic heterocycles. The van der Waals surface area contributed by atoms with Crippen LogP contribution in [0.1, 0.15) is 6.92 Å². The van der Waals surface area contributed by atoms with Crippen LogP contribution in [0.2, 0.25) is 0 Å². The van der Waals surface area contributed by atoms with Crippen molar-refractivity contribution in [3.05, 3.63) is 0 Å². The van der Waals surface area contributed by atoms with Crippen LogP contribution in [0.5, 0.6) is 0 Å². The number of hydrogen-bond acceptors (Lipinski definition) is 4. The minimum atomic E-state index is -0.255. The van der Waals surface area contributed by atoms with E-state index in [1.807, 2.05) is 6.92 Å². The average molecular weight is 176 g/mol. The molecular weight excluding hydrogens is 160 g/mol. The minimum absolute atomic E-state index is 0.0166. The Kier molecular flexibility index (Phi) is 3.46. The molecule has 0 saturated carbocycles. The summed E-state index contributed by atoms with van der Waals surface area (Å²) in [6.07, 6.45) is -0.505. The van der Waals surface area contributed by atoms with Gasteiger partial charge in [-0.1, -0.05) is 0 Å². The first-order valence-electron chi connectivity index (χ1n) is 4.06. The molecule has 1 heterocycles. The summed E-state index contributed by atoms with van der Waals surface area (Å²) in [4.78, 5) is 0. The van der Waals surface area contributed by atoms with Gasteiger partial charge in [-0.15, -0.1) is 0 Å². The maximum atomic E-state index is 8.94. The van der Waals surface area contributed by atoms with Crippen molar-refractivity contribution in [2.24, 2.45) is 0 Å². The Bertz CT molecular complexity index is 139. The van der Waals surface area contributed by atoms with E-state index in [4.69, 9.17) is 19.3 Å². The van der Waals surface area contributed by atoms with Crippen LogP contribution in [0.25, 0.3) is 0 Å². The molecule has 4 heteroatoms. The van der Waals surface area contributed by atoms with Crippen LogP contribution in [-0.4, -0.2) is 50.3 Å². The summed E-state index contributed by atoms with van der Waals surface area (Å²) in [5, 5.41) is 8.94. The lowest BCUT2D eigenvalue weighted by atomic mass is 10.1.